The Morgan fingerprint density at radius 1 is 1.67 bits per heavy atom. The molecule has 0 N–H and O–H groups in total. The molecule has 3 heteroatoms. The zero-order chi connectivity index (χ0) is 8.77. The van der Waals surface area contributed by atoms with E-state index in [2.05, 4.69) is 6.92 Å². The van der Waals surface area contributed by atoms with E-state index in [0.717, 1.165) is 12.7 Å². The summed E-state index contributed by atoms with van der Waals surface area (Å²) in [5.41, 5.74) is -0.740. The molecule has 3 nitrogen and oxygen atoms in total. The van der Waals surface area contributed by atoms with E-state index in [1.165, 1.54) is 0 Å². The lowest BCUT2D eigenvalue weighted by atomic mass is 9.93. The standard InChI is InChI=1S/C9H12O3/c1-6-2-7-3-8(11)12-9(7,4-6)5-10/h5-7H,2-4H2,1H3/t6-,7?,9?/m0/s1. The van der Waals surface area contributed by atoms with Crippen LogP contribution >= 0.6 is 0 Å². The van der Waals surface area contributed by atoms with Crippen LogP contribution in [0.3, 0.4) is 0 Å². The summed E-state index contributed by atoms with van der Waals surface area (Å²) >= 11 is 0. The Hall–Kier alpha value is -0.860. The summed E-state index contributed by atoms with van der Waals surface area (Å²) in [5.74, 6) is 0.449. The lowest BCUT2D eigenvalue weighted by molar-refractivity contribution is -0.153. The van der Waals surface area contributed by atoms with Crippen molar-refractivity contribution in [1.82, 2.24) is 0 Å². The molecule has 2 fully saturated rings. The summed E-state index contributed by atoms with van der Waals surface area (Å²) in [7, 11) is 0. The van der Waals surface area contributed by atoms with E-state index in [4.69, 9.17) is 4.74 Å². The monoisotopic (exact) mass is 168 g/mol. The van der Waals surface area contributed by atoms with Crippen molar-refractivity contribution in [2.45, 2.75) is 31.8 Å². The largest absolute Gasteiger partial charge is 0.451 e. The van der Waals surface area contributed by atoms with Crippen molar-refractivity contribution in [3.8, 4) is 0 Å². The Labute approximate surface area is 71.1 Å². The van der Waals surface area contributed by atoms with Crippen LogP contribution in [0.15, 0.2) is 0 Å². The highest BCUT2D eigenvalue weighted by Crippen LogP contribution is 2.47. The fraction of sp³-hybridized carbons (Fsp3) is 0.778. The molecule has 0 aromatic rings. The highest BCUT2D eigenvalue weighted by atomic mass is 16.6. The molecule has 1 saturated carbocycles. The summed E-state index contributed by atoms with van der Waals surface area (Å²) in [6.07, 6.45) is 2.92. The Bertz CT molecular complexity index is 236. The molecule has 0 aromatic carbocycles. The average molecular weight is 168 g/mol. The van der Waals surface area contributed by atoms with Crippen LogP contribution in [0.5, 0.6) is 0 Å². The van der Waals surface area contributed by atoms with Crippen molar-refractivity contribution in [2.24, 2.45) is 11.8 Å². The minimum atomic E-state index is -0.740. The Kier molecular flexibility index (Phi) is 1.50. The summed E-state index contributed by atoms with van der Waals surface area (Å²) in [6, 6.07) is 0. The second kappa shape index (κ2) is 2.31. The number of aldehydes is 1. The number of fused-ring (bicyclic) bond motifs is 1. The van der Waals surface area contributed by atoms with E-state index in [9.17, 15) is 9.59 Å². The molecule has 0 aromatic heterocycles. The third-order valence-electron chi connectivity index (χ3n) is 2.96. The van der Waals surface area contributed by atoms with Crippen molar-refractivity contribution in [3.63, 3.8) is 0 Å². The van der Waals surface area contributed by atoms with E-state index >= 15 is 0 Å². The normalized spacial score (nSPS) is 45.6. The van der Waals surface area contributed by atoms with Gasteiger partial charge >= 0.3 is 5.97 Å². The van der Waals surface area contributed by atoms with Crippen molar-refractivity contribution in [2.75, 3.05) is 0 Å². The molecule has 2 aliphatic rings. The topological polar surface area (TPSA) is 43.4 Å². The highest BCUT2D eigenvalue weighted by Gasteiger charge is 2.54. The first kappa shape index (κ1) is 7.77. The molecule has 12 heavy (non-hydrogen) atoms. The lowest BCUT2D eigenvalue weighted by Crippen LogP contribution is -2.32. The molecule has 0 bridgehead atoms. The molecule has 1 saturated heterocycles. The quantitative estimate of drug-likeness (QED) is 0.432. The SMILES string of the molecule is C[C@H]1CC2CC(=O)OC2(C=O)C1. The maximum absolute atomic E-state index is 10.9. The van der Waals surface area contributed by atoms with Crippen molar-refractivity contribution in [1.29, 1.82) is 0 Å². The van der Waals surface area contributed by atoms with Crippen LogP contribution in [0.4, 0.5) is 0 Å². The first-order valence-corrected chi connectivity index (χ1v) is 4.34. The molecule has 66 valence electrons. The van der Waals surface area contributed by atoms with E-state index < -0.39 is 5.60 Å². The van der Waals surface area contributed by atoms with Crippen molar-refractivity contribution < 1.29 is 14.3 Å². The Balaban J connectivity index is 2.26. The molecule has 0 spiro atoms. The molecule has 2 unspecified atom stereocenters. The van der Waals surface area contributed by atoms with E-state index in [0.29, 0.717) is 18.8 Å². The predicted octanol–water partition coefficient (Wildman–Crippen LogP) is 0.917. The number of hydrogen-bond donors (Lipinski definition) is 0. The van der Waals surface area contributed by atoms with Gasteiger partial charge in [0.2, 0.25) is 0 Å². The zero-order valence-electron chi connectivity index (χ0n) is 7.08. The maximum atomic E-state index is 10.9. The maximum Gasteiger partial charge on any atom is 0.307 e. The second-order valence-corrected chi connectivity index (χ2v) is 3.99. The summed E-state index contributed by atoms with van der Waals surface area (Å²) < 4.78 is 5.09. The van der Waals surface area contributed by atoms with Gasteiger partial charge in [-0.15, -0.1) is 0 Å². The number of esters is 1. The molecule has 1 heterocycles. The number of carbonyl (C=O) groups excluding carboxylic acids is 2. The average Bonchev–Trinajstić information content (AvgIpc) is 2.40. The van der Waals surface area contributed by atoms with E-state index in [1.807, 2.05) is 0 Å². The van der Waals surface area contributed by atoms with Crippen LogP contribution < -0.4 is 0 Å². The van der Waals surface area contributed by atoms with Gasteiger partial charge < -0.3 is 4.74 Å². The van der Waals surface area contributed by atoms with Crippen molar-refractivity contribution >= 4 is 12.3 Å². The lowest BCUT2D eigenvalue weighted by Gasteiger charge is -2.19. The Morgan fingerprint density at radius 2 is 2.42 bits per heavy atom. The van der Waals surface area contributed by atoms with Gasteiger partial charge in [0.25, 0.3) is 0 Å². The summed E-state index contributed by atoms with van der Waals surface area (Å²) in [4.78, 5) is 21.8. The van der Waals surface area contributed by atoms with Gasteiger partial charge in [0.1, 0.15) is 0 Å². The number of hydrogen-bond acceptors (Lipinski definition) is 3. The van der Waals surface area contributed by atoms with Gasteiger partial charge in [-0.2, -0.15) is 0 Å². The molecule has 1 aliphatic carbocycles. The van der Waals surface area contributed by atoms with Crippen LogP contribution in [-0.4, -0.2) is 17.9 Å². The van der Waals surface area contributed by atoms with Crippen LogP contribution in [0, 0.1) is 11.8 Å². The molecule has 2 rings (SSSR count). The third-order valence-corrected chi connectivity index (χ3v) is 2.96. The zero-order valence-corrected chi connectivity index (χ0v) is 7.08. The molecule has 0 amide bonds. The minimum Gasteiger partial charge on any atom is -0.451 e. The van der Waals surface area contributed by atoms with Crippen LogP contribution in [0.1, 0.15) is 26.2 Å². The molecule has 1 aliphatic heterocycles. The van der Waals surface area contributed by atoms with Crippen LogP contribution in [0.2, 0.25) is 0 Å². The number of carbonyl (C=O) groups is 2. The van der Waals surface area contributed by atoms with E-state index in [-0.39, 0.29) is 11.9 Å². The van der Waals surface area contributed by atoms with Gasteiger partial charge in [-0.1, -0.05) is 6.92 Å². The van der Waals surface area contributed by atoms with Gasteiger partial charge in [-0.3, -0.25) is 9.59 Å². The predicted molar refractivity (Wildman–Crippen MR) is 41.4 cm³/mol. The fourth-order valence-electron chi connectivity index (χ4n) is 2.48. The second-order valence-electron chi connectivity index (χ2n) is 3.99. The van der Waals surface area contributed by atoms with Crippen LogP contribution in [0.25, 0.3) is 0 Å². The fourth-order valence-corrected chi connectivity index (χ4v) is 2.48. The van der Waals surface area contributed by atoms with Crippen molar-refractivity contribution in [3.05, 3.63) is 0 Å². The first-order valence-electron chi connectivity index (χ1n) is 4.34. The van der Waals surface area contributed by atoms with Gasteiger partial charge in [-0.05, 0) is 18.8 Å². The Morgan fingerprint density at radius 3 is 3.00 bits per heavy atom. The highest BCUT2D eigenvalue weighted by molar-refractivity contribution is 5.80. The van der Waals surface area contributed by atoms with Crippen LogP contribution in [-0.2, 0) is 14.3 Å². The van der Waals surface area contributed by atoms with Gasteiger partial charge in [0, 0.05) is 5.92 Å². The summed E-state index contributed by atoms with van der Waals surface area (Å²) in [6.45, 7) is 2.09. The van der Waals surface area contributed by atoms with Gasteiger partial charge in [0.15, 0.2) is 11.9 Å². The number of ether oxygens (including phenoxy) is 1. The molecule has 0 radical (unpaired) electrons. The van der Waals surface area contributed by atoms with E-state index in [1.54, 1.807) is 0 Å². The van der Waals surface area contributed by atoms with Gasteiger partial charge in [-0.25, -0.2) is 0 Å². The first-order chi connectivity index (χ1) is 5.66. The summed E-state index contributed by atoms with van der Waals surface area (Å²) in [5, 5.41) is 0. The third kappa shape index (κ3) is 0.886. The van der Waals surface area contributed by atoms with Gasteiger partial charge in [0.05, 0.1) is 6.42 Å². The minimum absolute atomic E-state index is 0.150. The molecule has 3 atom stereocenters. The molecular formula is C9H12O3. The smallest absolute Gasteiger partial charge is 0.307 e. The number of rotatable bonds is 1. The molecular weight excluding hydrogens is 156 g/mol.